The van der Waals surface area contributed by atoms with Crippen molar-refractivity contribution in [3.8, 4) is 0 Å². The van der Waals surface area contributed by atoms with Crippen LogP contribution in [-0.2, 0) is 0 Å². The van der Waals surface area contributed by atoms with Gasteiger partial charge in [-0.15, -0.1) is 0 Å². The maximum absolute atomic E-state index is 13.2. The summed E-state index contributed by atoms with van der Waals surface area (Å²) in [4.78, 5) is 13.8. The molecular formula is C14H16F3NO. The molecular weight excluding hydrogens is 255 g/mol. The molecule has 1 aromatic rings. The van der Waals surface area contributed by atoms with Crippen LogP contribution in [0.15, 0.2) is 12.1 Å². The molecule has 0 unspecified atom stereocenters. The summed E-state index contributed by atoms with van der Waals surface area (Å²) in [5.74, 6) is -4.20. The lowest BCUT2D eigenvalue weighted by molar-refractivity contribution is 0.0695. The molecule has 19 heavy (non-hydrogen) atoms. The number of carbonyl (C=O) groups excluding carboxylic acids is 1. The van der Waals surface area contributed by atoms with Crippen LogP contribution >= 0.6 is 0 Å². The van der Waals surface area contributed by atoms with Crippen LogP contribution in [0.25, 0.3) is 0 Å². The van der Waals surface area contributed by atoms with E-state index < -0.39 is 23.4 Å². The summed E-state index contributed by atoms with van der Waals surface area (Å²) in [6.07, 6.45) is 2.14. The molecule has 1 amide bonds. The number of rotatable bonds is 4. The quantitative estimate of drug-likeness (QED) is 0.769. The van der Waals surface area contributed by atoms with Gasteiger partial charge >= 0.3 is 0 Å². The molecule has 0 saturated heterocycles. The van der Waals surface area contributed by atoms with E-state index in [4.69, 9.17) is 0 Å². The Morgan fingerprint density at radius 3 is 2.21 bits per heavy atom. The van der Waals surface area contributed by atoms with Gasteiger partial charge in [0.2, 0.25) is 0 Å². The summed E-state index contributed by atoms with van der Waals surface area (Å²) in [6.45, 7) is 4.27. The van der Waals surface area contributed by atoms with Crippen molar-refractivity contribution >= 4 is 5.91 Å². The Hall–Kier alpha value is -1.52. The molecule has 1 fully saturated rings. The van der Waals surface area contributed by atoms with Gasteiger partial charge in [-0.25, -0.2) is 13.2 Å². The highest BCUT2D eigenvalue weighted by atomic mass is 19.2. The highest BCUT2D eigenvalue weighted by Gasteiger charge is 2.29. The monoisotopic (exact) mass is 271 g/mol. The minimum Gasteiger partial charge on any atom is -0.336 e. The van der Waals surface area contributed by atoms with Gasteiger partial charge in [-0.2, -0.15) is 0 Å². The molecule has 0 radical (unpaired) electrons. The number of amides is 1. The predicted molar refractivity (Wildman–Crippen MR) is 65.2 cm³/mol. The minimum atomic E-state index is -1.55. The number of hydrogen-bond acceptors (Lipinski definition) is 1. The lowest BCUT2D eigenvalue weighted by atomic mass is 10.1. The third kappa shape index (κ3) is 3.08. The molecule has 5 heteroatoms. The fourth-order valence-corrected chi connectivity index (χ4v) is 1.95. The molecule has 0 aliphatic heterocycles. The van der Waals surface area contributed by atoms with Gasteiger partial charge in [-0.05, 0) is 44.7 Å². The van der Waals surface area contributed by atoms with E-state index >= 15 is 0 Å². The number of halogens is 3. The summed E-state index contributed by atoms with van der Waals surface area (Å²) in [5, 5.41) is 0. The zero-order valence-corrected chi connectivity index (χ0v) is 10.9. The first-order valence-corrected chi connectivity index (χ1v) is 6.35. The summed E-state index contributed by atoms with van der Waals surface area (Å²) in [5.41, 5.74) is -0.147. The Labute approximate surface area is 110 Å². The van der Waals surface area contributed by atoms with Gasteiger partial charge in [-0.1, -0.05) is 0 Å². The first-order chi connectivity index (χ1) is 8.90. The lowest BCUT2D eigenvalue weighted by Gasteiger charge is -2.27. The van der Waals surface area contributed by atoms with Crippen molar-refractivity contribution in [2.24, 2.45) is 5.92 Å². The van der Waals surface area contributed by atoms with Crippen LogP contribution in [0, 0.1) is 23.4 Å². The Morgan fingerprint density at radius 1 is 1.26 bits per heavy atom. The van der Waals surface area contributed by atoms with Crippen molar-refractivity contribution in [2.45, 2.75) is 32.7 Å². The molecule has 1 saturated carbocycles. The second-order valence-electron chi connectivity index (χ2n) is 5.25. The van der Waals surface area contributed by atoms with Gasteiger partial charge < -0.3 is 4.90 Å². The molecule has 0 bridgehead atoms. The topological polar surface area (TPSA) is 20.3 Å². The van der Waals surface area contributed by atoms with E-state index in [1.807, 2.05) is 13.8 Å². The van der Waals surface area contributed by atoms with E-state index in [0.29, 0.717) is 12.5 Å². The van der Waals surface area contributed by atoms with Crippen molar-refractivity contribution in [3.63, 3.8) is 0 Å². The smallest absolute Gasteiger partial charge is 0.254 e. The molecule has 2 nitrogen and oxygen atoms in total. The van der Waals surface area contributed by atoms with Crippen molar-refractivity contribution < 1.29 is 18.0 Å². The number of benzene rings is 1. The number of carbonyl (C=O) groups is 1. The van der Waals surface area contributed by atoms with Gasteiger partial charge in [0, 0.05) is 18.2 Å². The Kier molecular flexibility index (Phi) is 3.83. The molecule has 0 heterocycles. The van der Waals surface area contributed by atoms with E-state index in [-0.39, 0.29) is 11.6 Å². The molecule has 104 valence electrons. The van der Waals surface area contributed by atoms with Gasteiger partial charge in [0.15, 0.2) is 17.5 Å². The van der Waals surface area contributed by atoms with Crippen LogP contribution < -0.4 is 0 Å². The van der Waals surface area contributed by atoms with Crippen molar-refractivity contribution in [2.75, 3.05) is 6.54 Å². The molecule has 0 N–H and O–H groups in total. The SMILES string of the molecule is CC(C)N(CC1CC1)C(=O)c1cc(F)c(F)c(F)c1. The third-order valence-electron chi connectivity index (χ3n) is 3.27. The number of nitrogens with zero attached hydrogens (tertiary/aromatic N) is 1. The van der Waals surface area contributed by atoms with E-state index in [9.17, 15) is 18.0 Å². The van der Waals surface area contributed by atoms with E-state index in [0.717, 1.165) is 25.0 Å². The zero-order chi connectivity index (χ0) is 14.2. The molecule has 1 aromatic carbocycles. The van der Waals surface area contributed by atoms with Gasteiger partial charge in [0.05, 0.1) is 0 Å². The maximum Gasteiger partial charge on any atom is 0.254 e. The van der Waals surface area contributed by atoms with Crippen LogP contribution in [0.3, 0.4) is 0 Å². The van der Waals surface area contributed by atoms with Gasteiger partial charge in [0.1, 0.15) is 0 Å². The molecule has 2 rings (SSSR count). The van der Waals surface area contributed by atoms with Crippen LogP contribution in [0.4, 0.5) is 13.2 Å². The molecule has 0 atom stereocenters. The third-order valence-corrected chi connectivity index (χ3v) is 3.27. The molecule has 1 aliphatic carbocycles. The normalized spacial score (nSPS) is 14.8. The standard InChI is InChI=1S/C14H16F3NO/c1-8(2)18(7-9-3-4-9)14(19)10-5-11(15)13(17)12(16)6-10/h5-6,8-9H,3-4,7H2,1-2H3. The molecule has 0 aromatic heterocycles. The zero-order valence-electron chi connectivity index (χ0n) is 10.9. The second kappa shape index (κ2) is 5.23. The van der Waals surface area contributed by atoms with E-state index in [1.54, 1.807) is 4.90 Å². The highest BCUT2D eigenvalue weighted by Crippen LogP contribution is 2.31. The molecule has 1 aliphatic rings. The lowest BCUT2D eigenvalue weighted by Crippen LogP contribution is -2.38. The Bertz CT molecular complexity index is 474. The average Bonchev–Trinajstić information content (AvgIpc) is 3.15. The maximum atomic E-state index is 13.2. The number of hydrogen-bond donors (Lipinski definition) is 0. The summed E-state index contributed by atoms with van der Waals surface area (Å²) in [6, 6.07) is 1.44. The Morgan fingerprint density at radius 2 is 1.79 bits per heavy atom. The van der Waals surface area contributed by atoms with Gasteiger partial charge in [-0.3, -0.25) is 4.79 Å². The first-order valence-electron chi connectivity index (χ1n) is 6.35. The average molecular weight is 271 g/mol. The van der Waals surface area contributed by atoms with Crippen molar-refractivity contribution in [3.05, 3.63) is 35.1 Å². The summed E-state index contributed by atoms with van der Waals surface area (Å²) >= 11 is 0. The summed E-state index contributed by atoms with van der Waals surface area (Å²) in [7, 11) is 0. The predicted octanol–water partition coefficient (Wildman–Crippen LogP) is 3.36. The van der Waals surface area contributed by atoms with Crippen LogP contribution in [0.2, 0.25) is 0 Å². The second-order valence-corrected chi connectivity index (χ2v) is 5.25. The van der Waals surface area contributed by atoms with E-state index in [1.165, 1.54) is 0 Å². The Balaban J connectivity index is 2.25. The summed E-state index contributed by atoms with van der Waals surface area (Å²) < 4.78 is 39.2. The largest absolute Gasteiger partial charge is 0.336 e. The van der Waals surface area contributed by atoms with Crippen LogP contribution in [0.5, 0.6) is 0 Å². The van der Waals surface area contributed by atoms with Crippen molar-refractivity contribution in [1.82, 2.24) is 4.90 Å². The highest BCUT2D eigenvalue weighted by molar-refractivity contribution is 5.94. The van der Waals surface area contributed by atoms with Crippen LogP contribution in [-0.4, -0.2) is 23.4 Å². The molecule has 0 spiro atoms. The first kappa shape index (κ1) is 13.9. The van der Waals surface area contributed by atoms with Crippen LogP contribution in [0.1, 0.15) is 37.0 Å². The fraction of sp³-hybridized carbons (Fsp3) is 0.500. The minimum absolute atomic E-state index is 0.0655. The fourth-order valence-electron chi connectivity index (χ4n) is 1.95. The van der Waals surface area contributed by atoms with Crippen molar-refractivity contribution in [1.29, 1.82) is 0 Å². The van der Waals surface area contributed by atoms with E-state index in [2.05, 4.69) is 0 Å². The van der Waals surface area contributed by atoms with Gasteiger partial charge in [0.25, 0.3) is 5.91 Å².